The van der Waals surface area contributed by atoms with Crippen molar-refractivity contribution >= 4 is 29.6 Å². The Labute approximate surface area is 154 Å². The summed E-state index contributed by atoms with van der Waals surface area (Å²) in [4.78, 5) is 35.7. The van der Waals surface area contributed by atoms with Crippen molar-refractivity contribution in [2.45, 2.75) is 26.3 Å². The largest absolute Gasteiger partial charge is 0.463 e. The zero-order valence-corrected chi connectivity index (χ0v) is 15.0. The van der Waals surface area contributed by atoms with E-state index in [1.807, 2.05) is 0 Å². The maximum atomic E-state index is 13.7. The minimum atomic E-state index is -0.756. The fraction of sp³-hybridized carbons (Fsp3) is 0.353. The number of amides is 2. The number of rotatable bonds is 6. The van der Waals surface area contributed by atoms with Gasteiger partial charge in [-0.3, -0.25) is 4.79 Å². The zero-order chi connectivity index (χ0) is 19.3. The Morgan fingerprint density at radius 3 is 2.69 bits per heavy atom. The number of carbonyl (C=O) groups is 3. The van der Waals surface area contributed by atoms with E-state index >= 15 is 0 Å². The normalized spacial score (nSPS) is 16.6. The summed E-state index contributed by atoms with van der Waals surface area (Å²) in [7, 11) is 0. The maximum Gasteiger partial charge on any atom is 0.338 e. The second-order valence-electron chi connectivity index (χ2n) is 5.47. The highest BCUT2D eigenvalue weighted by atomic mass is 35.5. The molecule has 0 spiro atoms. The highest BCUT2D eigenvalue weighted by Crippen LogP contribution is 2.20. The molecule has 0 saturated carbocycles. The number of hydrogen-bond donors (Lipinski definition) is 2. The van der Waals surface area contributed by atoms with Crippen molar-refractivity contribution in [1.29, 1.82) is 0 Å². The van der Waals surface area contributed by atoms with Crippen molar-refractivity contribution in [3.8, 4) is 0 Å². The van der Waals surface area contributed by atoms with Crippen molar-refractivity contribution < 1.29 is 28.2 Å². The average Bonchev–Trinajstić information content (AvgIpc) is 2.56. The average molecular weight is 385 g/mol. The van der Waals surface area contributed by atoms with Crippen LogP contribution in [0.5, 0.6) is 0 Å². The molecule has 9 heteroatoms. The van der Waals surface area contributed by atoms with Gasteiger partial charge in [-0.05, 0) is 26.0 Å². The van der Waals surface area contributed by atoms with Gasteiger partial charge in [0.05, 0.1) is 30.3 Å². The van der Waals surface area contributed by atoms with E-state index in [1.54, 1.807) is 13.8 Å². The van der Waals surface area contributed by atoms with Crippen LogP contribution in [-0.4, -0.2) is 37.2 Å². The molecule has 0 aromatic heterocycles. The number of halogens is 2. The molecule has 26 heavy (non-hydrogen) atoms. The van der Waals surface area contributed by atoms with Gasteiger partial charge < -0.3 is 20.1 Å². The van der Waals surface area contributed by atoms with Crippen LogP contribution in [0.25, 0.3) is 0 Å². The number of esters is 2. The van der Waals surface area contributed by atoms with Crippen LogP contribution in [0, 0.1) is 5.82 Å². The van der Waals surface area contributed by atoms with Gasteiger partial charge >= 0.3 is 18.0 Å². The molecule has 1 aromatic rings. The molecular weight excluding hydrogens is 367 g/mol. The Balaban J connectivity index is 2.11. The van der Waals surface area contributed by atoms with Crippen LogP contribution in [0.2, 0.25) is 5.02 Å². The predicted molar refractivity (Wildman–Crippen MR) is 90.9 cm³/mol. The summed E-state index contributed by atoms with van der Waals surface area (Å²) in [6, 6.07) is 2.93. The molecule has 1 aliphatic rings. The zero-order valence-electron chi connectivity index (χ0n) is 14.2. The smallest absolute Gasteiger partial charge is 0.338 e. The van der Waals surface area contributed by atoms with Gasteiger partial charge in [0, 0.05) is 10.6 Å². The van der Waals surface area contributed by atoms with Gasteiger partial charge in [-0.15, -0.1) is 0 Å². The number of carbonyl (C=O) groups excluding carboxylic acids is 3. The second-order valence-corrected chi connectivity index (χ2v) is 5.88. The molecule has 2 amide bonds. The van der Waals surface area contributed by atoms with Gasteiger partial charge in [0.1, 0.15) is 12.4 Å². The summed E-state index contributed by atoms with van der Waals surface area (Å²) in [6.07, 6.45) is -0.380. The molecule has 1 aromatic carbocycles. The van der Waals surface area contributed by atoms with Crippen molar-refractivity contribution in [1.82, 2.24) is 10.6 Å². The van der Waals surface area contributed by atoms with Crippen LogP contribution in [-0.2, 0) is 25.5 Å². The first-order chi connectivity index (χ1) is 12.3. The SMILES string of the molecule is CCOC(=O)C1=C(COC(=O)Cc2c(F)cccc2Cl)NC(=O)N[C@@H]1C. The Bertz CT molecular complexity index is 745. The van der Waals surface area contributed by atoms with Crippen LogP contribution in [0.3, 0.4) is 0 Å². The van der Waals surface area contributed by atoms with E-state index in [2.05, 4.69) is 10.6 Å². The molecule has 0 unspecified atom stereocenters. The lowest BCUT2D eigenvalue weighted by Gasteiger charge is -2.26. The summed E-state index contributed by atoms with van der Waals surface area (Å²) in [5.74, 6) is -2.01. The molecule has 0 aliphatic carbocycles. The van der Waals surface area contributed by atoms with Gasteiger partial charge in [-0.2, -0.15) is 0 Å². The molecule has 7 nitrogen and oxygen atoms in total. The van der Waals surface area contributed by atoms with E-state index in [4.69, 9.17) is 21.1 Å². The van der Waals surface area contributed by atoms with Crippen molar-refractivity contribution in [2.75, 3.05) is 13.2 Å². The van der Waals surface area contributed by atoms with Crippen molar-refractivity contribution in [2.24, 2.45) is 0 Å². The number of benzene rings is 1. The third kappa shape index (κ3) is 4.72. The first-order valence-corrected chi connectivity index (χ1v) is 8.27. The highest BCUT2D eigenvalue weighted by molar-refractivity contribution is 6.31. The fourth-order valence-electron chi connectivity index (χ4n) is 2.44. The molecule has 0 bridgehead atoms. The molecule has 1 heterocycles. The summed E-state index contributed by atoms with van der Waals surface area (Å²) < 4.78 is 23.8. The van der Waals surface area contributed by atoms with Gasteiger partial charge in [0.25, 0.3) is 0 Å². The Morgan fingerprint density at radius 1 is 1.31 bits per heavy atom. The van der Waals surface area contributed by atoms with Crippen molar-refractivity contribution in [3.63, 3.8) is 0 Å². The monoisotopic (exact) mass is 384 g/mol. The number of hydrogen-bond acceptors (Lipinski definition) is 5. The number of urea groups is 1. The van der Waals surface area contributed by atoms with E-state index in [1.165, 1.54) is 18.2 Å². The third-order valence-corrected chi connectivity index (χ3v) is 3.98. The molecule has 0 saturated heterocycles. The Morgan fingerprint density at radius 2 is 2.04 bits per heavy atom. The lowest BCUT2D eigenvalue weighted by molar-refractivity contribution is -0.143. The van der Waals surface area contributed by atoms with Crippen molar-refractivity contribution in [3.05, 3.63) is 45.9 Å². The van der Waals surface area contributed by atoms with Crippen LogP contribution < -0.4 is 10.6 Å². The first kappa shape index (κ1) is 19.7. The number of ether oxygens (including phenoxy) is 2. The number of nitrogens with one attached hydrogen (secondary N) is 2. The van der Waals surface area contributed by atoms with E-state index in [0.717, 1.165) is 0 Å². The fourth-order valence-corrected chi connectivity index (χ4v) is 2.67. The molecule has 0 fully saturated rings. The molecule has 0 radical (unpaired) electrons. The minimum Gasteiger partial charge on any atom is -0.463 e. The Hall–Kier alpha value is -2.61. The summed E-state index contributed by atoms with van der Waals surface area (Å²) in [5, 5.41) is 5.06. The second kappa shape index (κ2) is 8.66. The molecular formula is C17H18ClFN2O5. The van der Waals surface area contributed by atoms with Gasteiger partial charge in [0.2, 0.25) is 0 Å². The lowest BCUT2D eigenvalue weighted by atomic mass is 10.0. The molecule has 1 aliphatic heterocycles. The molecule has 140 valence electrons. The van der Waals surface area contributed by atoms with Crippen LogP contribution in [0.1, 0.15) is 19.4 Å². The molecule has 2 N–H and O–H groups in total. The van der Waals surface area contributed by atoms with E-state index in [-0.39, 0.29) is 41.5 Å². The van der Waals surface area contributed by atoms with Crippen LogP contribution in [0.4, 0.5) is 9.18 Å². The lowest BCUT2D eigenvalue weighted by Crippen LogP contribution is -2.50. The third-order valence-electron chi connectivity index (χ3n) is 3.63. The van der Waals surface area contributed by atoms with Gasteiger partial charge in [0.15, 0.2) is 0 Å². The Kier molecular flexibility index (Phi) is 6.57. The van der Waals surface area contributed by atoms with Gasteiger partial charge in [-0.25, -0.2) is 14.0 Å². The first-order valence-electron chi connectivity index (χ1n) is 7.89. The summed E-state index contributed by atoms with van der Waals surface area (Å²) >= 11 is 5.88. The van der Waals surface area contributed by atoms with E-state index in [9.17, 15) is 18.8 Å². The molecule has 1 atom stereocenters. The maximum absolute atomic E-state index is 13.7. The topological polar surface area (TPSA) is 93.7 Å². The summed E-state index contributed by atoms with van der Waals surface area (Å²) in [5.41, 5.74) is 0.289. The minimum absolute atomic E-state index is 0.0153. The predicted octanol–water partition coefficient (Wildman–Crippen LogP) is 2.08. The van der Waals surface area contributed by atoms with Crippen LogP contribution in [0.15, 0.2) is 29.5 Å². The van der Waals surface area contributed by atoms with E-state index in [0.29, 0.717) is 0 Å². The molecule has 2 rings (SSSR count). The summed E-state index contributed by atoms with van der Waals surface area (Å²) in [6.45, 7) is 3.04. The quantitative estimate of drug-likeness (QED) is 0.732. The van der Waals surface area contributed by atoms with Gasteiger partial charge in [-0.1, -0.05) is 17.7 Å². The standard InChI is InChI=1S/C17H18ClFN2O5/c1-3-25-16(23)15-9(2)20-17(24)21-13(15)8-26-14(22)7-10-11(18)5-4-6-12(10)19/h4-6,9H,3,7-8H2,1-2H3,(H2,20,21,24)/t9-/m1/s1. The van der Waals surface area contributed by atoms with E-state index < -0.39 is 29.8 Å². The van der Waals surface area contributed by atoms with Crippen LogP contribution >= 0.6 is 11.6 Å². The highest BCUT2D eigenvalue weighted by Gasteiger charge is 2.30.